The van der Waals surface area contributed by atoms with Crippen molar-refractivity contribution >= 4 is 17.2 Å². The van der Waals surface area contributed by atoms with Gasteiger partial charge < -0.3 is 14.5 Å². The number of carbonyl (C=O) groups excluding carboxylic acids is 1. The molecule has 0 saturated heterocycles. The average molecular weight is 544 g/mol. The van der Waals surface area contributed by atoms with Crippen LogP contribution in [-0.4, -0.2) is 59.8 Å². The molecule has 1 aliphatic heterocycles. The standard InChI is InChI=1S/C27H28F3N5O2S/c1-5-35-15-21(26(32-35)27(28,29)30)25-18(8-6-9-22(25)37-4)20-14-34(24(36)10-7-11-33(2)3)16-23-19(20)12-17(13-31)38-23/h6-10,12,15,20H,5,11,14,16H2,1-4H3/b10-7+. The first-order valence-corrected chi connectivity index (χ1v) is 12.8. The zero-order valence-corrected chi connectivity index (χ0v) is 22.4. The van der Waals surface area contributed by atoms with E-state index in [-0.39, 0.29) is 35.9 Å². The van der Waals surface area contributed by atoms with Gasteiger partial charge in [0.05, 0.1) is 13.7 Å². The van der Waals surface area contributed by atoms with Gasteiger partial charge in [0.2, 0.25) is 5.91 Å². The highest BCUT2D eigenvalue weighted by Crippen LogP contribution is 2.47. The lowest BCUT2D eigenvalue weighted by molar-refractivity contribution is -0.141. The molecule has 3 heterocycles. The van der Waals surface area contributed by atoms with E-state index in [1.54, 1.807) is 42.2 Å². The predicted molar refractivity (Wildman–Crippen MR) is 139 cm³/mol. The van der Waals surface area contributed by atoms with Crippen LogP contribution in [0.4, 0.5) is 13.2 Å². The number of aryl methyl sites for hydroxylation is 1. The number of halogens is 3. The van der Waals surface area contributed by atoms with Gasteiger partial charge in [0.25, 0.3) is 0 Å². The number of fused-ring (bicyclic) bond motifs is 1. The van der Waals surface area contributed by atoms with Crippen LogP contribution in [0, 0.1) is 11.3 Å². The second-order valence-corrected chi connectivity index (χ2v) is 10.3. The Bertz CT molecular complexity index is 1400. The van der Waals surface area contributed by atoms with Crippen molar-refractivity contribution in [2.45, 2.75) is 32.1 Å². The lowest BCUT2D eigenvalue weighted by Crippen LogP contribution is -2.37. The third kappa shape index (κ3) is 5.47. The Morgan fingerprint density at radius 2 is 2.11 bits per heavy atom. The fourth-order valence-electron chi connectivity index (χ4n) is 4.65. The number of likely N-dealkylation sites (N-methyl/N-ethyl adjacent to an activating group) is 1. The zero-order chi connectivity index (χ0) is 27.6. The minimum absolute atomic E-state index is 0.0848. The van der Waals surface area contributed by atoms with Gasteiger partial charge in [-0.25, -0.2) is 0 Å². The van der Waals surface area contributed by atoms with Gasteiger partial charge in [-0.15, -0.1) is 11.3 Å². The fourth-order valence-corrected chi connectivity index (χ4v) is 5.69. The van der Waals surface area contributed by atoms with Crippen molar-refractivity contribution in [3.63, 3.8) is 0 Å². The molecule has 0 spiro atoms. The number of amides is 1. The fraction of sp³-hybridized carbons (Fsp3) is 0.370. The summed E-state index contributed by atoms with van der Waals surface area (Å²) in [5.41, 5.74) is 0.602. The van der Waals surface area contributed by atoms with Crippen LogP contribution in [0.1, 0.15) is 39.4 Å². The van der Waals surface area contributed by atoms with Gasteiger partial charge in [-0.1, -0.05) is 18.2 Å². The second-order valence-electron chi connectivity index (χ2n) is 9.21. The summed E-state index contributed by atoms with van der Waals surface area (Å²) in [6.45, 7) is 3.13. The minimum atomic E-state index is -4.68. The SMILES string of the molecule is CCn1cc(-c2c(OC)cccc2C2CN(C(=O)/C=C/CN(C)C)Cc3sc(C#N)cc32)c(C(F)(F)F)n1. The Hall–Kier alpha value is -3.62. The van der Waals surface area contributed by atoms with Crippen LogP contribution in [0.5, 0.6) is 5.75 Å². The van der Waals surface area contributed by atoms with Crippen LogP contribution in [0.25, 0.3) is 11.1 Å². The van der Waals surface area contributed by atoms with E-state index in [1.165, 1.54) is 35.4 Å². The molecular weight excluding hydrogens is 515 g/mol. The maximum atomic E-state index is 14.1. The van der Waals surface area contributed by atoms with Crippen LogP contribution in [0.15, 0.2) is 42.6 Å². The summed E-state index contributed by atoms with van der Waals surface area (Å²) in [4.78, 5) is 18.0. The zero-order valence-electron chi connectivity index (χ0n) is 21.5. The van der Waals surface area contributed by atoms with E-state index in [0.29, 0.717) is 23.5 Å². The average Bonchev–Trinajstić information content (AvgIpc) is 3.51. The van der Waals surface area contributed by atoms with Crippen molar-refractivity contribution in [2.75, 3.05) is 34.3 Å². The third-order valence-electron chi connectivity index (χ3n) is 6.38. The summed E-state index contributed by atoms with van der Waals surface area (Å²) in [5, 5.41) is 13.4. The number of rotatable bonds is 7. The molecule has 0 fully saturated rings. The summed E-state index contributed by atoms with van der Waals surface area (Å²) >= 11 is 1.30. The van der Waals surface area contributed by atoms with E-state index in [0.717, 1.165) is 10.4 Å². The smallest absolute Gasteiger partial charge is 0.435 e. The Kier molecular flexibility index (Phi) is 7.94. The first kappa shape index (κ1) is 27.4. The number of thiophene rings is 1. The maximum Gasteiger partial charge on any atom is 0.435 e. The van der Waals surface area contributed by atoms with Gasteiger partial charge in [-0.2, -0.15) is 23.5 Å². The molecule has 200 valence electrons. The molecular formula is C27H28F3N5O2S. The van der Waals surface area contributed by atoms with Crippen molar-refractivity contribution in [3.05, 3.63) is 69.2 Å². The molecule has 4 rings (SSSR count). The molecule has 0 aliphatic carbocycles. The topological polar surface area (TPSA) is 74.4 Å². The molecule has 0 N–H and O–H groups in total. The van der Waals surface area contributed by atoms with Gasteiger partial charge in [0.15, 0.2) is 5.69 Å². The number of methoxy groups -OCH3 is 1. The highest BCUT2D eigenvalue weighted by Gasteiger charge is 2.40. The van der Waals surface area contributed by atoms with Gasteiger partial charge >= 0.3 is 6.18 Å². The summed E-state index contributed by atoms with van der Waals surface area (Å²) < 4.78 is 49.1. The molecule has 1 unspecified atom stereocenters. The van der Waals surface area contributed by atoms with Crippen LogP contribution in [-0.2, 0) is 24.1 Å². The number of benzene rings is 1. The molecule has 0 saturated carbocycles. The molecule has 1 aromatic carbocycles. The Morgan fingerprint density at radius 3 is 2.74 bits per heavy atom. The molecule has 7 nitrogen and oxygen atoms in total. The van der Waals surface area contributed by atoms with Gasteiger partial charge in [-0.05, 0) is 44.3 Å². The Labute approximate surface area is 223 Å². The highest BCUT2D eigenvalue weighted by atomic mass is 32.1. The van der Waals surface area contributed by atoms with E-state index < -0.39 is 17.8 Å². The maximum absolute atomic E-state index is 14.1. The number of carbonyl (C=O) groups is 1. The van der Waals surface area contributed by atoms with Crippen molar-refractivity contribution in [1.29, 1.82) is 5.26 Å². The number of nitriles is 1. The molecule has 0 bridgehead atoms. The molecule has 11 heteroatoms. The molecule has 1 aliphatic rings. The lowest BCUT2D eigenvalue weighted by Gasteiger charge is -2.34. The summed E-state index contributed by atoms with van der Waals surface area (Å²) in [7, 11) is 5.21. The number of hydrogen-bond donors (Lipinski definition) is 0. The van der Waals surface area contributed by atoms with E-state index in [4.69, 9.17) is 4.74 Å². The van der Waals surface area contributed by atoms with Crippen molar-refractivity contribution in [1.82, 2.24) is 19.6 Å². The van der Waals surface area contributed by atoms with E-state index in [1.807, 2.05) is 19.0 Å². The van der Waals surface area contributed by atoms with Crippen LogP contribution in [0.2, 0.25) is 0 Å². The lowest BCUT2D eigenvalue weighted by atomic mass is 9.83. The van der Waals surface area contributed by atoms with Gasteiger partial charge in [0.1, 0.15) is 16.7 Å². The first-order chi connectivity index (χ1) is 18.1. The van der Waals surface area contributed by atoms with Crippen molar-refractivity contribution < 1.29 is 22.7 Å². The highest BCUT2D eigenvalue weighted by molar-refractivity contribution is 7.12. The van der Waals surface area contributed by atoms with Gasteiger partial charge in [-0.3, -0.25) is 9.48 Å². The first-order valence-electron chi connectivity index (χ1n) is 12.0. The summed E-state index contributed by atoms with van der Waals surface area (Å²) in [5.74, 6) is -0.400. The molecule has 1 atom stereocenters. The van der Waals surface area contributed by atoms with Crippen molar-refractivity contribution in [3.8, 4) is 22.9 Å². The predicted octanol–water partition coefficient (Wildman–Crippen LogP) is 5.12. The largest absolute Gasteiger partial charge is 0.496 e. The van der Waals surface area contributed by atoms with E-state index in [2.05, 4.69) is 11.2 Å². The Morgan fingerprint density at radius 1 is 1.34 bits per heavy atom. The number of aromatic nitrogens is 2. The minimum Gasteiger partial charge on any atom is -0.496 e. The molecule has 38 heavy (non-hydrogen) atoms. The van der Waals surface area contributed by atoms with E-state index >= 15 is 0 Å². The number of hydrogen-bond acceptors (Lipinski definition) is 6. The summed E-state index contributed by atoms with van der Waals surface area (Å²) in [6, 6.07) is 9.04. The molecule has 3 aromatic rings. The quantitative estimate of drug-likeness (QED) is 0.387. The monoisotopic (exact) mass is 543 g/mol. The Balaban J connectivity index is 1.89. The van der Waals surface area contributed by atoms with Crippen LogP contribution >= 0.6 is 11.3 Å². The summed E-state index contributed by atoms with van der Waals surface area (Å²) in [6.07, 6.45) is -0.00948. The van der Waals surface area contributed by atoms with Crippen LogP contribution < -0.4 is 4.74 Å². The van der Waals surface area contributed by atoms with E-state index in [9.17, 15) is 23.2 Å². The molecule has 1 amide bonds. The normalized spacial score (nSPS) is 15.7. The van der Waals surface area contributed by atoms with Crippen molar-refractivity contribution in [2.24, 2.45) is 0 Å². The molecule has 2 aromatic heterocycles. The second kappa shape index (κ2) is 11.0. The van der Waals surface area contributed by atoms with Crippen LogP contribution in [0.3, 0.4) is 0 Å². The number of nitrogens with zero attached hydrogens (tertiary/aromatic N) is 5. The number of alkyl halides is 3. The third-order valence-corrected chi connectivity index (χ3v) is 7.42. The number of ether oxygens (including phenoxy) is 1. The van der Waals surface area contributed by atoms with Gasteiger partial charge in [0, 0.05) is 53.8 Å². The molecule has 0 radical (unpaired) electrons.